The van der Waals surface area contributed by atoms with Crippen LogP contribution in [0.25, 0.3) is 0 Å². The molecule has 4 rings (SSSR count). The van der Waals surface area contributed by atoms with Gasteiger partial charge < -0.3 is 9.64 Å². The van der Waals surface area contributed by atoms with Gasteiger partial charge in [0.1, 0.15) is 6.61 Å². The molecule has 0 saturated carbocycles. The molecule has 0 aliphatic carbocycles. The van der Waals surface area contributed by atoms with Gasteiger partial charge >= 0.3 is 0 Å². The largest absolute Gasteiger partial charge is 0.363 e. The number of amides is 1. The van der Waals surface area contributed by atoms with Crippen LogP contribution in [-0.4, -0.2) is 52.5 Å². The third kappa shape index (κ3) is 4.20. The number of piperidine rings is 1. The average molecular weight is 387 g/mol. The smallest absolute Gasteiger partial charge is 0.249 e. The summed E-state index contributed by atoms with van der Waals surface area (Å²) in [6.45, 7) is 3.28. The summed E-state index contributed by atoms with van der Waals surface area (Å²) in [5.74, 6) is -1.65. The van der Waals surface area contributed by atoms with Gasteiger partial charge in [0, 0.05) is 25.8 Å². The Morgan fingerprint density at radius 2 is 1.89 bits per heavy atom. The molecule has 1 aromatic carbocycles. The van der Waals surface area contributed by atoms with E-state index >= 15 is 0 Å². The molecule has 0 N–H and O–H groups in total. The number of rotatable bonds is 4. The van der Waals surface area contributed by atoms with Gasteiger partial charge in [0.2, 0.25) is 5.91 Å². The molecule has 0 unspecified atom stereocenters. The molecule has 1 aromatic heterocycles. The minimum atomic E-state index is -0.824. The standard InChI is InChI=1S/C21H23F2N3O2/c22-18-5-4-16(11-19(18)23)12-25-9-6-21(7-10-25)15-26(20(27)14-28-21)13-17-3-1-2-8-24-17/h1-5,8,11H,6-7,9-10,12-15H2. The van der Waals surface area contributed by atoms with E-state index in [0.717, 1.165) is 37.2 Å². The van der Waals surface area contributed by atoms with Gasteiger partial charge in [-0.05, 0) is 42.7 Å². The van der Waals surface area contributed by atoms with Crippen molar-refractivity contribution in [2.24, 2.45) is 0 Å². The molecule has 2 aromatic rings. The highest BCUT2D eigenvalue weighted by Crippen LogP contribution is 2.31. The maximum atomic E-state index is 13.4. The molecular formula is C21H23F2N3O2. The number of ether oxygens (including phenoxy) is 1. The summed E-state index contributed by atoms with van der Waals surface area (Å²) in [7, 11) is 0. The summed E-state index contributed by atoms with van der Waals surface area (Å²) in [6.07, 6.45) is 3.32. The van der Waals surface area contributed by atoms with Crippen LogP contribution in [0.15, 0.2) is 42.6 Å². The molecule has 2 saturated heterocycles. The third-order valence-electron chi connectivity index (χ3n) is 5.57. The lowest BCUT2D eigenvalue weighted by Gasteiger charge is -2.47. The molecule has 3 heterocycles. The molecule has 0 bridgehead atoms. The number of hydrogen-bond donors (Lipinski definition) is 0. The van der Waals surface area contributed by atoms with E-state index in [2.05, 4.69) is 9.88 Å². The highest BCUT2D eigenvalue weighted by atomic mass is 19.2. The van der Waals surface area contributed by atoms with E-state index in [1.54, 1.807) is 12.3 Å². The second-order valence-corrected chi connectivity index (χ2v) is 7.57. The van der Waals surface area contributed by atoms with Crippen LogP contribution in [0.2, 0.25) is 0 Å². The molecule has 1 spiro atoms. The highest BCUT2D eigenvalue weighted by Gasteiger charge is 2.42. The second-order valence-electron chi connectivity index (χ2n) is 7.57. The zero-order valence-corrected chi connectivity index (χ0v) is 15.6. The molecule has 2 fully saturated rings. The van der Waals surface area contributed by atoms with Crippen molar-refractivity contribution >= 4 is 5.91 Å². The van der Waals surface area contributed by atoms with Gasteiger partial charge in [-0.2, -0.15) is 0 Å². The van der Waals surface area contributed by atoms with E-state index in [1.807, 2.05) is 23.1 Å². The number of likely N-dealkylation sites (tertiary alicyclic amines) is 1. The Hall–Kier alpha value is -2.38. The minimum absolute atomic E-state index is 0.0134. The molecule has 2 aliphatic rings. The van der Waals surface area contributed by atoms with Crippen molar-refractivity contribution in [2.75, 3.05) is 26.2 Å². The first-order valence-corrected chi connectivity index (χ1v) is 9.51. The van der Waals surface area contributed by atoms with Crippen LogP contribution in [0.5, 0.6) is 0 Å². The van der Waals surface area contributed by atoms with E-state index < -0.39 is 11.6 Å². The van der Waals surface area contributed by atoms with Gasteiger partial charge in [0.25, 0.3) is 0 Å². The summed E-state index contributed by atoms with van der Waals surface area (Å²) in [6, 6.07) is 9.73. The Morgan fingerprint density at radius 1 is 1.07 bits per heavy atom. The van der Waals surface area contributed by atoms with E-state index in [4.69, 9.17) is 4.74 Å². The van der Waals surface area contributed by atoms with Crippen LogP contribution in [0.3, 0.4) is 0 Å². The number of hydrogen-bond acceptors (Lipinski definition) is 4. The SMILES string of the molecule is O=C1COC2(CCN(Cc3ccc(F)c(F)c3)CC2)CN1Cc1ccccn1. The molecular weight excluding hydrogens is 364 g/mol. The minimum Gasteiger partial charge on any atom is -0.363 e. The van der Waals surface area contributed by atoms with Gasteiger partial charge in [-0.15, -0.1) is 0 Å². The number of carbonyl (C=O) groups excluding carboxylic acids is 1. The number of nitrogens with zero attached hydrogens (tertiary/aromatic N) is 3. The van der Waals surface area contributed by atoms with Gasteiger partial charge in [-0.25, -0.2) is 8.78 Å². The van der Waals surface area contributed by atoms with E-state index in [0.29, 0.717) is 19.6 Å². The van der Waals surface area contributed by atoms with Crippen LogP contribution < -0.4 is 0 Å². The number of carbonyl (C=O) groups is 1. The highest BCUT2D eigenvalue weighted by molar-refractivity contribution is 5.78. The Morgan fingerprint density at radius 3 is 2.61 bits per heavy atom. The Bertz CT molecular complexity index is 839. The molecule has 148 valence electrons. The van der Waals surface area contributed by atoms with Crippen molar-refractivity contribution < 1.29 is 18.3 Å². The lowest BCUT2D eigenvalue weighted by molar-refractivity contribution is -0.172. The number of pyridine rings is 1. The summed E-state index contributed by atoms with van der Waals surface area (Å²) in [5.41, 5.74) is 1.28. The molecule has 5 nitrogen and oxygen atoms in total. The van der Waals surface area contributed by atoms with Crippen LogP contribution in [0.1, 0.15) is 24.1 Å². The number of halogens is 2. The zero-order valence-electron chi connectivity index (χ0n) is 15.6. The maximum absolute atomic E-state index is 13.4. The molecule has 0 atom stereocenters. The quantitative estimate of drug-likeness (QED) is 0.809. The fourth-order valence-electron chi connectivity index (χ4n) is 3.94. The van der Waals surface area contributed by atoms with Crippen molar-refractivity contribution in [3.8, 4) is 0 Å². The molecule has 7 heteroatoms. The Labute approximate surface area is 162 Å². The number of aromatic nitrogens is 1. The van der Waals surface area contributed by atoms with Crippen molar-refractivity contribution in [1.29, 1.82) is 0 Å². The lowest BCUT2D eigenvalue weighted by atomic mass is 9.89. The first kappa shape index (κ1) is 19.0. The Balaban J connectivity index is 1.36. The summed E-state index contributed by atoms with van der Waals surface area (Å²) in [5, 5.41) is 0. The first-order chi connectivity index (χ1) is 13.5. The summed E-state index contributed by atoms with van der Waals surface area (Å²) < 4.78 is 32.5. The van der Waals surface area contributed by atoms with Crippen LogP contribution in [0, 0.1) is 11.6 Å². The molecule has 2 aliphatic heterocycles. The van der Waals surface area contributed by atoms with E-state index in [-0.39, 0.29) is 18.1 Å². The lowest BCUT2D eigenvalue weighted by Crippen LogP contribution is -2.58. The monoisotopic (exact) mass is 387 g/mol. The molecule has 28 heavy (non-hydrogen) atoms. The van der Waals surface area contributed by atoms with Gasteiger partial charge in [0.15, 0.2) is 11.6 Å². The third-order valence-corrected chi connectivity index (χ3v) is 5.57. The topological polar surface area (TPSA) is 45.7 Å². The fourth-order valence-corrected chi connectivity index (χ4v) is 3.94. The Kier molecular flexibility index (Phi) is 5.37. The molecule has 1 amide bonds. The normalized spacial score (nSPS) is 19.9. The predicted octanol–water partition coefficient (Wildman–Crippen LogP) is 2.75. The fraction of sp³-hybridized carbons (Fsp3) is 0.429. The van der Waals surface area contributed by atoms with Crippen LogP contribution in [0.4, 0.5) is 8.78 Å². The van der Waals surface area contributed by atoms with Crippen molar-refractivity contribution in [3.63, 3.8) is 0 Å². The second kappa shape index (κ2) is 7.93. The molecule has 0 radical (unpaired) electrons. The van der Waals surface area contributed by atoms with Gasteiger partial charge in [-0.3, -0.25) is 14.7 Å². The van der Waals surface area contributed by atoms with E-state index in [9.17, 15) is 13.6 Å². The van der Waals surface area contributed by atoms with Gasteiger partial charge in [0.05, 0.1) is 24.4 Å². The first-order valence-electron chi connectivity index (χ1n) is 9.51. The average Bonchev–Trinajstić information content (AvgIpc) is 2.70. The van der Waals surface area contributed by atoms with Crippen molar-refractivity contribution in [1.82, 2.24) is 14.8 Å². The van der Waals surface area contributed by atoms with Gasteiger partial charge in [-0.1, -0.05) is 12.1 Å². The number of morpholine rings is 1. The number of benzene rings is 1. The zero-order chi connectivity index (χ0) is 19.6. The van der Waals surface area contributed by atoms with E-state index in [1.165, 1.54) is 12.1 Å². The maximum Gasteiger partial charge on any atom is 0.249 e. The van der Waals surface area contributed by atoms with Crippen molar-refractivity contribution in [3.05, 3.63) is 65.5 Å². The summed E-state index contributed by atoms with van der Waals surface area (Å²) in [4.78, 5) is 20.6. The van der Waals surface area contributed by atoms with Crippen LogP contribution in [-0.2, 0) is 22.6 Å². The van der Waals surface area contributed by atoms with Crippen LogP contribution >= 0.6 is 0 Å². The van der Waals surface area contributed by atoms with Crippen molar-refractivity contribution in [2.45, 2.75) is 31.5 Å². The predicted molar refractivity (Wildman–Crippen MR) is 99.2 cm³/mol. The summed E-state index contributed by atoms with van der Waals surface area (Å²) >= 11 is 0.